The minimum atomic E-state index is -0.572. The number of nitrogens with one attached hydrogen (secondary N) is 1. The summed E-state index contributed by atoms with van der Waals surface area (Å²) in [5.41, 5.74) is 3.91. The third-order valence-corrected chi connectivity index (χ3v) is 6.09. The lowest BCUT2D eigenvalue weighted by Crippen LogP contribution is -2.19. The van der Waals surface area contributed by atoms with Gasteiger partial charge in [-0.15, -0.1) is 0 Å². The molecule has 2 aromatic heterocycles. The Kier molecular flexibility index (Phi) is 6.64. The molecule has 0 radical (unpaired) electrons. The van der Waals surface area contributed by atoms with E-state index >= 15 is 0 Å². The molecule has 1 N–H and O–H groups in total. The van der Waals surface area contributed by atoms with Crippen molar-refractivity contribution in [1.82, 2.24) is 14.5 Å². The highest BCUT2D eigenvalue weighted by Crippen LogP contribution is 2.31. The molecule has 36 heavy (non-hydrogen) atoms. The number of fused-ring (bicyclic) bond motifs is 2. The van der Waals surface area contributed by atoms with E-state index in [9.17, 15) is 9.59 Å². The van der Waals surface area contributed by atoms with Gasteiger partial charge in [0, 0.05) is 17.1 Å². The highest BCUT2D eigenvalue weighted by molar-refractivity contribution is 6.30. The Balaban J connectivity index is 1.69. The van der Waals surface area contributed by atoms with E-state index in [1.54, 1.807) is 31.2 Å². The van der Waals surface area contributed by atoms with Crippen LogP contribution in [0.2, 0.25) is 5.02 Å². The molecule has 5 rings (SSSR count). The first-order chi connectivity index (χ1) is 17.5. The normalized spacial score (nSPS) is 11.1. The molecule has 3 aromatic carbocycles. The quantitative estimate of drug-likeness (QED) is 0.282. The van der Waals surface area contributed by atoms with Gasteiger partial charge in [-0.3, -0.25) is 4.79 Å². The fourth-order valence-corrected chi connectivity index (χ4v) is 4.24. The van der Waals surface area contributed by atoms with E-state index in [2.05, 4.69) is 5.32 Å². The molecule has 0 bridgehead atoms. The molecular formula is C28H23ClN4O3. The molecule has 0 aliphatic heterocycles. The largest absolute Gasteiger partial charge is 0.462 e. The van der Waals surface area contributed by atoms with Crippen LogP contribution in [-0.2, 0) is 17.7 Å². The average molecular weight is 499 g/mol. The van der Waals surface area contributed by atoms with Crippen LogP contribution >= 0.6 is 11.6 Å². The van der Waals surface area contributed by atoms with Crippen molar-refractivity contribution in [3.05, 3.63) is 101 Å². The number of carbonyl (C=O) groups excluding carboxylic acids is 2. The summed E-state index contributed by atoms with van der Waals surface area (Å²) < 4.78 is 7.21. The van der Waals surface area contributed by atoms with Crippen molar-refractivity contribution in [3.8, 4) is 0 Å². The summed E-state index contributed by atoms with van der Waals surface area (Å²) in [5, 5.41) is 3.46. The highest BCUT2D eigenvalue weighted by atomic mass is 35.5. The number of carbonyl (C=O) groups is 2. The second-order valence-corrected chi connectivity index (χ2v) is 8.61. The second kappa shape index (κ2) is 10.2. The number of hydrogen-bond acceptors (Lipinski definition) is 5. The van der Waals surface area contributed by atoms with Crippen LogP contribution in [0.25, 0.3) is 22.2 Å². The van der Waals surface area contributed by atoms with Gasteiger partial charge in [0.1, 0.15) is 16.9 Å². The highest BCUT2D eigenvalue weighted by Gasteiger charge is 2.28. The number of aryl methyl sites for hydroxylation is 2. The van der Waals surface area contributed by atoms with Gasteiger partial charge in [0.15, 0.2) is 5.65 Å². The predicted octanol–water partition coefficient (Wildman–Crippen LogP) is 5.91. The average Bonchev–Trinajstić information content (AvgIpc) is 3.18. The first-order valence-corrected chi connectivity index (χ1v) is 12.0. The molecule has 8 heteroatoms. The molecule has 0 aliphatic carbocycles. The van der Waals surface area contributed by atoms with E-state index in [-0.39, 0.29) is 18.1 Å². The maximum Gasteiger partial charge on any atom is 0.344 e. The molecule has 0 spiro atoms. The molecule has 0 unspecified atom stereocenters. The fraction of sp³-hybridized carbons (Fsp3) is 0.143. The lowest BCUT2D eigenvalue weighted by molar-refractivity contribution is 0.0529. The van der Waals surface area contributed by atoms with Gasteiger partial charge in [0.2, 0.25) is 0 Å². The van der Waals surface area contributed by atoms with E-state index < -0.39 is 5.97 Å². The zero-order valence-electron chi connectivity index (χ0n) is 19.6. The second-order valence-electron chi connectivity index (χ2n) is 8.18. The molecule has 7 nitrogen and oxygen atoms in total. The molecular weight excluding hydrogens is 476 g/mol. The van der Waals surface area contributed by atoms with E-state index in [4.69, 9.17) is 26.3 Å². The van der Waals surface area contributed by atoms with E-state index in [1.807, 2.05) is 59.2 Å². The molecule has 5 aromatic rings. The Hall–Kier alpha value is -4.23. The Labute approximate surface area is 212 Å². The summed E-state index contributed by atoms with van der Waals surface area (Å²) in [6.45, 7) is 2.38. The lowest BCUT2D eigenvalue weighted by atomic mass is 10.1. The number of anilines is 1. The Morgan fingerprint density at radius 1 is 0.917 bits per heavy atom. The molecule has 0 atom stereocenters. The number of benzene rings is 3. The van der Waals surface area contributed by atoms with Gasteiger partial charge in [0.25, 0.3) is 5.91 Å². The standard InChI is InChI=1S/C28H23ClN4O3/c1-2-36-28(35)23-24-26(31-22-11-7-6-10-21(22)30-24)33(17-16-18-8-4-3-5-9-18)25(23)32-27(34)19-12-14-20(29)15-13-19/h3-15H,2,16-17H2,1H3,(H,32,34). The van der Waals surface area contributed by atoms with Gasteiger partial charge in [-0.2, -0.15) is 0 Å². The summed E-state index contributed by atoms with van der Waals surface area (Å²) >= 11 is 5.99. The summed E-state index contributed by atoms with van der Waals surface area (Å²) in [6.07, 6.45) is 0.658. The minimum absolute atomic E-state index is 0.181. The van der Waals surface area contributed by atoms with Crippen molar-refractivity contribution in [1.29, 1.82) is 0 Å². The first-order valence-electron chi connectivity index (χ1n) is 11.6. The van der Waals surface area contributed by atoms with Crippen molar-refractivity contribution in [2.45, 2.75) is 19.9 Å². The van der Waals surface area contributed by atoms with Crippen molar-refractivity contribution >= 4 is 51.5 Å². The van der Waals surface area contributed by atoms with E-state index in [1.165, 1.54) is 0 Å². The summed E-state index contributed by atoms with van der Waals surface area (Å²) in [5.74, 6) is -0.655. The van der Waals surface area contributed by atoms with Crippen molar-refractivity contribution in [2.75, 3.05) is 11.9 Å². The van der Waals surface area contributed by atoms with Gasteiger partial charge >= 0.3 is 5.97 Å². The summed E-state index contributed by atoms with van der Waals surface area (Å²) in [6, 6.07) is 24.0. The molecule has 0 saturated heterocycles. The maximum absolute atomic E-state index is 13.2. The third-order valence-electron chi connectivity index (χ3n) is 5.84. The number of halogens is 1. The molecule has 180 valence electrons. The van der Waals surface area contributed by atoms with Gasteiger partial charge in [0.05, 0.1) is 17.6 Å². The van der Waals surface area contributed by atoms with Crippen LogP contribution in [0.1, 0.15) is 33.2 Å². The summed E-state index contributed by atoms with van der Waals surface area (Å²) in [4.78, 5) is 36.0. The van der Waals surface area contributed by atoms with Crippen LogP contribution in [0.4, 0.5) is 5.82 Å². The number of nitrogens with zero attached hydrogens (tertiary/aromatic N) is 3. The summed E-state index contributed by atoms with van der Waals surface area (Å²) in [7, 11) is 0. The topological polar surface area (TPSA) is 86.1 Å². The molecule has 0 saturated carbocycles. The number of hydrogen-bond donors (Lipinski definition) is 1. The lowest BCUT2D eigenvalue weighted by Gasteiger charge is -2.13. The fourth-order valence-electron chi connectivity index (χ4n) is 4.11. The number of para-hydroxylation sites is 2. The van der Waals surface area contributed by atoms with Gasteiger partial charge in [-0.1, -0.05) is 54.1 Å². The van der Waals surface area contributed by atoms with Crippen molar-refractivity contribution in [3.63, 3.8) is 0 Å². The maximum atomic E-state index is 13.2. The van der Waals surface area contributed by atoms with E-state index in [0.717, 1.165) is 5.56 Å². The zero-order valence-corrected chi connectivity index (χ0v) is 20.3. The van der Waals surface area contributed by atoms with Gasteiger partial charge in [-0.25, -0.2) is 14.8 Å². The number of aromatic nitrogens is 3. The smallest absolute Gasteiger partial charge is 0.344 e. The first kappa shape index (κ1) is 23.5. The van der Waals surface area contributed by atoms with Crippen molar-refractivity contribution in [2.24, 2.45) is 0 Å². The van der Waals surface area contributed by atoms with Gasteiger partial charge < -0.3 is 14.6 Å². The third kappa shape index (κ3) is 4.65. The van der Waals surface area contributed by atoms with Crippen LogP contribution in [-0.4, -0.2) is 33.0 Å². The van der Waals surface area contributed by atoms with Gasteiger partial charge in [-0.05, 0) is 55.3 Å². The number of esters is 1. The SMILES string of the molecule is CCOC(=O)c1c(NC(=O)c2ccc(Cl)cc2)n(CCc2ccccc2)c2nc3ccccc3nc12. The Morgan fingerprint density at radius 2 is 1.58 bits per heavy atom. The van der Waals surface area contributed by atoms with Crippen LogP contribution in [0.15, 0.2) is 78.9 Å². The molecule has 0 aliphatic rings. The van der Waals surface area contributed by atoms with Crippen LogP contribution in [0.5, 0.6) is 0 Å². The Bertz CT molecular complexity index is 1560. The Morgan fingerprint density at radius 3 is 2.28 bits per heavy atom. The zero-order chi connectivity index (χ0) is 25.1. The van der Waals surface area contributed by atoms with Crippen LogP contribution in [0.3, 0.4) is 0 Å². The monoisotopic (exact) mass is 498 g/mol. The molecule has 2 heterocycles. The number of amides is 1. The number of ether oxygens (including phenoxy) is 1. The van der Waals surface area contributed by atoms with Crippen LogP contribution < -0.4 is 5.32 Å². The van der Waals surface area contributed by atoms with E-state index in [0.29, 0.717) is 51.6 Å². The van der Waals surface area contributed by atoms with Crippen LogP contribution in [0, 0.1) is 0 Å². The number of rotatable bonds is 7. The molecule has 0 fully saturated rings. The minimum Gasteiger partial charge on any atom is -0.462 e. The van der Waals surface area contributed by atoms with Crippen molar-refractivity contribution < 1.29 is 14.3 Å². The predicted molar refractivity (Wildman–Crippen MR) is 141 cm³/mol. The molecule has 1 amide bonds.